The van der Waals surface area contributed by atoms with Gasteiger partial charge >= 0.3 is 0 Å². The molecule has 0 aliphatic rings. The topological polar surface area (TPSA) is 106 Å². The fraction of sp³-hybridized carbons (Fsp3) is 0.0952. The maximum atomic E-state index is 12.5. The number of fused-ring (bicyclic) bond motifs is 1. The molecule has 2 aromatic carbocycles. The van der Waals surface area contributed by atoms with Crippen molar-refractivity contribution in [3.05, 3.63) is 81.7 Å². The lowest BCUT2D eigenvalue weighted by molar-refractivity contribution is -0.122. The molecule has 2 heterocycles. The molecule has 0 spiro atoms. The first-order chi connectivity index (χ1) is 14.5. The quantitative estimate of drug-likeness (QED) is 0.494. The lowest BCUT2D eigenvalue weighted by Crippen LogP contribution is -2.44. The summed E-state index contributed by atoms with van der Waals surface area (Å²) in [5, 5.41) is 5.89. The molecule has 0 bridgehead atoms. The summed E-state index contributed by atoms with van der Waals surface area (Å²) < 4.78 is 1.05. The molecule has 0 unspecified atom stereocenters. The van der Waals surface area contributed by atoms with Crippen LogP contribution in [0, 0.1) is 6.92 Å². The minimum atomic E-state index is -0.571. The number of rotatable bonds is 4. The van der Waals surface area contributed by atoms with Gasteiger partial charge in [0.25, 0.3) is 17.4 Å². The third-order valence-electron chi connectivity index (χ3n) is 4.39. The van der Waals surface area contributed by atoms with Crippen molar-refractivity contribution in [2.75, 3.05) is 0 Å². The number of carbonyl (C=O) groups is 2. The molecule has 2 N–H and O–H groups in total. The highest BCUT2D eigenvalue weighted by Crippen LogP contribution is 2.27. The van der Waals surface area contributed by atoms with E-state index in [1.807, 2.05) is 30.3 Å². The Morgan fingerprint density at radius 3 is 2.57 bits per heavy atom. The van der Waals surface area contributed by atoms with Crippen molar-refractivity contribution in [1.82, 2.24) is 25.6 Å². The highest BCUT2D eigenvalue weighted by molar-refractivity contribution is 7.17. The molecule has 8 nitrogen and oxygen atoms in total. The van der Waals surface area contributed by atoms with Crippen LogP contribution in [-0.4, -0.2) is 26.6 Å². The molecule has 0 aliphatic heterocycles. The molecule has 4 aromatic rings. The Labute approximate surface area is 175 Å². The number of thiazole rings is 1. The third-order valence-corrected chi connectivity index (χ3v) is 5.60. The van der Waals surface area contributed by atoms with Gasteiger partial charge in [-0.3, -0.25) is 25.2 Å². The summed E-state index contributed by atoms with van der Waals surface area (Å²) in [5.74, 6) is -1.04. The smallest absolute Gasteiger partial charge is 0.271 e. The highest BCUT2D eigenvalue weighted by atomic mass is 32.1. The summed E-state index contributed by atoms with van der Waals surface area (Å²) >= 11 is 1.24. The maximum Gasteiger partial charge on any atom is 0.281 e. The van der Waals surface area contributed by atoms with Crippen molar-refractivity contribution in [1.29, 1.82) is 0 Å². The maximum absolute atomic E-state index is 12.5. The standard InChI is InChI=1S/C21H17N5O3S/c1-13-18(30-20(23-13)14-7-3-2-4-8-14)19(28)25-24-17(27)12-26-21(29)16-10-6-5-9-15(16)11-22-26/h2-11H,12H2,1H3,(H,24,27)(H,25,28). The molecule has 0 atom stereocenters. The first kappa shape index (κ1) is 19.5. The van der Waals surface area contributed by atoms with Crippen molar-refractivity contribution in [2.45, 2.75) is 13.5 Å². The Morgan fingerprint density at radius 1 is 1.03 bits per heavy atom. The van der Waals surface area contributed by atoms with Crippen molar-refractivity contribution in [2.24, 2.45) is 0 Å². The van der Waals surface area contributed by atoms with E-state index >= 15 is 0 Å². The summed E-state index contributed by atoms with van der Waals surface area (Å²) in [6.07, 6.45) is 1.52. The lowest BCUT2D eigenvalue weighted by atomic mass is 10.2. The van der Waals surface area contributed by atoms with Crippen molar-refractivity contribution in [3.63, 3.8) is 0 Å². The van der Waals surface area contributed by atoms with E-state index in [9.17, 15) is 14.4 Å². The summed E-state index contributed by atoms with van der Waals surface area (Å²) in [6, 6.07) is 16.5. The zero-order valence-electron chi connectivity index (χ0n) is 16.0. The lowest BCUT2D eigenvalue weighted by Gasteiger charge is -2.08. The fourth-order valence-corrected chi connectivity index (χ4v) is 3.88. The molecule has 150 valence electrons. The van der Waals surface area contributed by atoms with E-state index in [1.165, 1.54) is 17.5 Å². The average Bonchev–Trinajstić information content (AvgIpc) is 3.16. The van der Waals surface area contributed by atoms with Crippen LogP contribution in [-0.2, 0) is 11.3 Å². The first-order valence-electron chi connectivity index (χ1n) is 9.10. The van der Waals surface area contributed by atoms with Gasteiger partial charge in [-0.25, -0.2) is 9.67 Å². The highest BCUT2D eigenvalue weighted by Gasteiger charge is 2.17. The van der Waals surface area contributed by atoms with Gasteiger partial charge in [-0.2, -0.15) is 5.10 Å². The largest absolute Gasteiger partial charge is 0.281 e. The van der Waals surface area contributed by atoms with Crippen molar-refractivity contribution < 1.29 is 9.59 Å². The second-order valence-corrected chi connectivity index (χ2v) is 7.50. The fourth-order valence-electron chi connectivity index (χ4n) is 2.91. The van der Waals surface area contributed by atoms with Crippen LogP contribution in [0.15, 0.2) is 65.6 Å². The molecule has 0 radical (unpaired) electrons. The minimum absolute atomic E-state index is 0.319. The van der Waals surface area contributed by atoms with Gasteiger partial charge in [-0.05, 0) is 13.0 Å². The number of carbonyl (C=O) groups excluding carboxylic acids is 2. The summed E-state index contributed by atoms with van der Waals surface area (Å²) in [7, 11) is 0. The van der Waals surface area contributed by atoms with E-state index in [0.29, 0.717) is 21.3 Å². The van der Waals surface area contributed by atoms with E-state index in [0.717, 1.165) is 15.3 Å². The van der Waals surface area contributed by atoms with Gasteiger partial charge in [0.05, 0.1) is 17.3 Å². The second kappa shape index (κ2) is 8.26. The number of aryl methyl sites for hydroxylation is 1. The number of amides is 2. The van der Waals surface area contributed by atoms with Crippen LogP contribution < -0.4 is 16.4 Å². The predicted octanol–water partition coefficient (Wildman–Crippen LogP) is 2.29. The molecule has 0 saturated heterocycles. The number of benzene rings is 2. The molecule has 4 rings (SSSR count). The second-order valence-electron chi connectivity index (χ2n) is 6.50. The van der Waals surface area contributed by atoms with Gasteiger partial charge in [0.2, 0.25) is 0 Å². The van der Waals surface area contributed by atoms with Gasteiger partial charge in [0.15, 0.2) is 0 Å². The SMILES string of the molecule is Cc1nc(-c2ccccc2)sc1C(=O)NNC(=O)Cn1ncc2ccccc2c1=O. The first-order valence-corrected chi connectivity index (χ1v) is 9.91. The molecular weight excluding hydrogens is 402 g/mol. The van der Waals surface area contributed by atoms with Crippen molar-refractivity contribution >= 4 is 33.9 Å². The molecule has 0 aliphatic carbocycles. The number of hydrogen-bond acceptors (Lipinski definition) is 6. The molecule has 0 saturated carbocycles. The van der Waals surface area contributed by atoms with Crippen molar-refractivity contribution in [3.8, 4) is 10.6 Å². The van der Waals surface area contributed by atoms with Crippen LogP contribution in [0.25, 0.3) is 21.3 Å². The normalized spacial score (nSPS) is 10.7. The number of aromatic nitrogens is 3. The minimum Gasteiger partial charge on any atom is -0.271 e. The molecule has 2 aromatic heterocycles. The Kier molecular flexibility index (Phi) is 5.36. The van der Waals surface area contributed by atoms with Crippen LogP contribution in [0.4, 0.5) is 0 Å². The number of hydrazine groups is 1. The van der Waals surface area contributed by atoms with E-state index in [1.54, 1.807) is 31.2 Å². The predicted molar refractivity (Wildman–Crippen MR) is 114 cm³/mol. The number of nitrogens with zero attached hydrogens (tertiary/aromatic N) is 3. The van der Waals surface area contributed by atoms with E-state index < -0.39 is 11.8 Å². The third kappa shape index (κ3) is 3.96. The molecule has 0 fully saturated rings. The van der Waals surface area contributed by atoms with Crippen LogP contribution in [0.3, 0.4) is 0 Å². The van der Waals surface area contributed by atoms with Crippen LogP contribution >= 0.6 is 11.3 Å². The Bertz CT molecular complexity index is 1300. The van der Waals surface area contributed by atoms with Gasteiger partial charge in [0.1, 0.15) is 16.4 Å². The summed E-state index contributed by atoms with van der Waals surface area (Å²) in [5.41, 5.74) is 5.80. The van der Waals surface area contributed by atoms with Gasteiger partial charge < -0.3 is 0 Å². The van der Waals surface area contributed by atoms with E-state index in [4.69, 9.17) is 0 Å². The Balaban J connectivity index is 1.42. The average molecular weight is 419 g/mol. The molecule has 2 amide bonds. The van der Waals surface area contributed by atoms with Gasteiger partial charge in [-0.1, -0.05) is 48.5 Å². The summed E-state index contributed by atoms with van der Waals surface area (Å²) in [4.78, 5) is 41.9. The van der Waals surface area contributed by atoms with Crippen LogP contribution in [0.2, 0.25) is 0 Å². The van der Waals surface area contributed by atoms with E-state index in [2.05, 4.69) is 20.9 Å². The van der Waals surface area contributed by atoms with Crippen LogP contribution in [0.5, 0.6) is 0 Å². The summed E-state index contributed by atoms with van der Waals surface area (Å²) in [6.45, 7) is 1.42. The molecule has 9 heteroatoms. The number of hydrogen-bond donors (Lipinski definition) is 2. The van der Waals surface area contributed by atoms with E-state index in [-0.39, 0.29) is 12.1 Å². The van der Waals surface area contributed by atoms with Gasteiger partial charge in [-0.15, -0.1) is 11.3 Å². The van der Waals surface area contributed by atoms with Crippen LogP contribution in [0.1, 0.15) is 15.4 Å². The van der Waals surface area contributed by atoms with Gasteiger partial charge in [0, 0.05) is 10.9 Å². The Morgan fingerprint density at radius 2 is 1.77 bits per heavy atom. The molecular formula is C21H17N5O3S. The zero-order valence-corrected chi connectivity index (χ0v) is 16.8. The Hall–Kier alpha value is -3.85. The molecule has 30 heavy (non-hydrogen) atoms. The zero-order chi connectivity index (χ0) is 21.1. The number of nitrogens with one attached hydrogen (secondary N) is 2. The monoisotopic (exact) mass is 419 g/mol.